The molecule has 5 heterocycles. The number of H-pyrrole nitrogens is 2. The second-order valence-corrected chi connectivity index (χ2v) is 10.4. The molecule has 0 amide bonds. The molecule has 178 valence electrons. The van der Waals surface area contributed by atoms with E-state index in [2.05, 4.69) is 88.1 Å². The molecule has 0 radical (unpaired) electrons. The number of aromatic nitrogens is 6. The summed E-state index contributed by atoms with van der Waals surface area (Å²) in [6.45, 7) is 10.4. The van der Waals surface area contributed by atoms with E-state index in [1.165, 1.54) is 9.75 Å². The SMILES string of the molecule is C=C(Nc1cncc(-c2ccc3[nH]nc(-c4nc5nccc(-c6ccc(C)s6)c5[nH]4)c3c2)c1)C(C)C. The fourth-order valence-electron chi connectivity index (χ4n) is 4.18. The van der Waals surface area contributed by atoms with Crippen molar-refractivity contribution in [2.24, 2.45) is 5.92 Å². The van der Waals surface area contributed by atoms with Gasteiger partial charge in [0.1, 0.15) is 5.69 Å². The second kappa shape index (κ2) is 8.73. The van der Waals surface area contributed by atoms with Crippen LogP contribution in [0.5, 0.6) is 0 Å². The van der Waals surface area contributed by atoms with Gasteiger partial charge in [0, 0.05) is 44.4 Å². The van der Waals surface area contributed by atoms with Gasteiger partial charge in [-0.2, -0.15) is 5.10 Å². The molecule has 6 aromatic rings. The third-order valence-electron chi connectivity index (χ3n) is 6.26. The zero-order valence-corrected chi connectivity index (χ0v) is 21.1. The normalized spacial score (nSPS) is 11.6. The molecule has 36 heavy (non-hydrogen) atoms. The van der Waals surface area contributed by atoms with E-state index in [1.54, 1.807) is 17.5 Å². The monoisotopic (exact) mass is 491 g/mol. The Morgan fingerprint density at radius 2 is 1.94 bits per heavy atom. The number of hydrogen-bond acceptors (Lipinski definition) is 6. The number of benzene rings is 1. The summed E-state index contributed by atoms with van der Waals surface area (Å²) < 4.78 is 0. The molecule has 0 spiro atoms. The maximum Gasteiger partial charge on any atom is 0.178 e. The highest BCUT2D eigenvalue weighted by Gasteiger charge is 2.17. The molecule has 0 bridgehead atoms. The fourth-order valence-corrected chi connectivity index (χ4v) is 5.08. The van der Waals surface area contributed by atoms with Crippen molar-refractivity contribution in [2.75, 3.05) is 5.32 Å². The number of nitrogens with zero attached hydrogens (tertiary/aromatic N) is 4. The summed E-state index contributed by atoms with van der Waals surface area (Å²) in [5.41, 5.74) is 8.29. The zero-order valence-electron chi connectivity index (χ0n) is 20.3. The van der Waals surface area contributed by atoms with E-state index in [1.807, 2.05) is 24.5 Å². The number of allylic oxidation sites excluding steroid dienone is 1. The van der Waals surface area contributed by atoms with Gasteiger partial charge >= 0.3 is 0 Å². The van der Waals surface area contributed by atoms with Crippen LogP contribution in [0.2, 0.25) is 0 Å². The van der Waals surface area contributed by atoms with Crippen LogP contribution in [-0.4, -0.2) is 30.1 Å². The lowest BCUT2D eigenvalue weighted by atomic mass is 10.0. The van der Waals surface area contributed by atoms with Gasteiger partial charge in [0.2, 0.25) is 0 Å². The van der Waals surface area contributed by atoms with Gasteiger partial charge in [0.25, 0.3) is 0 Å². The minimum absolute atomic E-state index is 0.334. The van der Waals surface area contributed by atoms with Crippen LogP contribution in [0.15, 0.2) is 73.3 Å². The van der Waals surface area contributed by atoms with Gasteiger partial charge < -0.3 is 10.3 Å². The molecule has 1 aromatic carbocycles. The van der Waals surface area contributed by atoms with Crippen molar-refractivity contribution in [3.63, 3.8) is 0 Å². The average Bonchev–Trinajstić information content (AvgIpc) is 3.61. The topological polar surface area (TPSA) is 95.2 Å². The van der Waals surface area contributed by atoms with Gasteiger partial charge in [-0.1, -0.05) is 26.5 Å². The molecule has 0 aliphatic rings. The Balaban J connectivity index is 1.41. The van der Waals surface area contributed by atoms with Gasteiger partial charge in [-0.25, -0.2) is 9.97 Å². The molecule has 7 nitrogen and oxygen atoms in total. The number of aryl methyl sites for hydroxylation is 1. The molecule has 0 aliphatic carbocycles. The summed E-state index contributed by atoms with van der Waals surface area (Å²) in [5.74, 6) is 1.02. The summed E-state index contributed by atoms with van der Waals surface area (Å²) in [6, 6.07) is 14.6. The molecule has 3 N–H and O–H groups in total. The van der Waals surface area contributed by atoms with E-state index in [0.29, 0.717) is 17.4 Å². The Labute approximate surface area is 212 Å². The van der Waals surface area contributed by atoms with Crippen molar-refractivity contribution >= 4 is 39.1 Å². The Morgan fingerprint density at radius 3 is 2.75 bits per heavy atom. The molecule has 0 fully saturated rings. The van der Waals surface area contributed by atoms with Crippen molar-refractivity contribution in [1.82, 2.24) is 30.1 Å². The smallest absolute Gasteiger partial charge is 0.178 e. The highest BCUT2D eigenvalue weighted by molar-refractivity contribution is 7.15. The third-order valence-corrected chi connectivity index (χ3v) is 7.29. The van der Waals surface area contributed by atoms with Crippen molar-refractivity contribution in [1.29, 1.82) is 0 Å². The lowest BCUT2D eigenvalue weighted by Crippen LogP contribution is -2.04. The molecule has 0 saturated carbocycles. The number of rotatable bonds is 6. The number of imidazole rings is 1. The first kappa shape index (κ1) is 22.2. The largest absolute Gasteiger partial charge is 0.358 e. The number of thiophene rings is 1. The van der Waals surface area contributed by atoms with E-state index in [0.717, 1.165) is 50.2 Å². The predicted octanol–water partition coefficient (Wildman–Crippen LogP) is 7.18. The van der Waals surface area contributed by atoms with Gasteiger partial charge in [0.05, 0.1) is 22.9 Å². The molecule has 0 atom stereocenters. The van der Waals surface area contributed by atoms with Gasteiger partial charge in [-0.3, -0.25) is 10.1 Å². The van der Waals surface area contributed by atoms with E-state index in [4.69, 9.17) is 4.98 Å². The Kier molecular flexibility index (Phi) is 5.38. The van der Waals surface area contributed by atoms with Crippen LogP contribution in [-0.2, 0) is 0 Å². The van der Waals surface area contributed by atoms with Gasteiger partial charge in [-0.05, 0) is 54.8 Å². The molecule has 8 heteroatoms. The Bertz CT molecular complexity index is 1740. The van der Waals surface area contributed by atoms with Crippen molar-refractivity contribution in [2.45, 2.75) is 20.8 Å². The van der Waals surface area contributed by atoms with Crippen LogP contribution in [0, 0.1) is 12.8 Å². The van der Waals surface area contributed by atoms with Crippen LogP contribution < -0.4 is 5.32 Å². The number of pyridine rings is 2. The van der Waals surface area contributed by atoms with E-state index < -0.39 is 0 Å². The van der Waals surface area contributed by atoms with E-state index in [9.17, 15) is 0 Å². The standard InChI is InChI=1S/C28H25N7S/c1-15(2)17(4)31-20-11-19(13-29-14-20)18-6-7-23-22(12-18)26(35-34-23)28-32-25-21(9-10-30-27(25)33-28)24-8-5-16(3)36-24/h5-15,31H,4H2,1-3H3,(H,34,35)(H,30,32,33). The van der Waals surface area contributed by atoms with Crippen molar-refractivity contribution in [3.05, 3.63) is 78.2 Å². The second-order valence-electron chi connectivity index (χ2n) is 9.15. The highest BCUT2D eigenvalue weighted by Crippen LogP contribution is 2.35. The summed E-state index contributed by atoms with van der Waals surface area (Å²) >= 11 is 1.76. The molecular weight excluding hydrogens is 466 g/mol. The molecule has 5 aromatic heterocycles. The summed E-state index contributed by atoms with van der Waals surface area (Å²) in [4.78, 5) is 19.7. The Morgan fingerprint density at radius 1 is 1.06 bits per heavy atom. The van der Waals surface area contributed by atoms with Crippen LogP contribution in [0.4, 0.5) is 5.69 Å². The molecule has 0 unspecified atom stereocenters. The number of aromatic amines is 2. The summed E-state index contributed by atoms with van der Waals surface area (Å²) in [6.07, 6.45) is 5.48. The van der Waals surface area contributed by atoms with Crippen molar-refractivity contribution in [3.8, 4) is 33.1 Å². The molecule has 6 rings (SSSR count). The number of anilines is 1. The first-order valence-electron chi connectivity index (χ1n) is 11.8. The molecule has 0 saturated heterocycles. The highest BCUT2D eigenvalue weighted by atomic mass is 32.1. The van der Waals surface area contributed by atoms with Crippen LogP contribution in [0.1, 0.15) is 18.7 Å². The molecule has 0 aliphatic heterocycles. The predicted molar refractivity (Wildman–Crippen MR) is 148 cm³/mol. The lowest BCUT2D eigenvalue weighted by Gasteiger charge is -2.13. The minimum atomic E-state index is 0.334. The quantitative estimate of drug-likeness (QED) is 0.229. The van der Waals surface area contributed by atoms with Crippen LogP contribution in [0.3, 0.4) is 0 Å². The van der Waals surface area contributed by atoms with Crippen molar-refractivity contribution < 1.29 is 0 Å². The van der Waals surface area contributed by atoms with E-state index in [-0.39, 0.29) is 0 Å². The summed E-state index contributed by atoms with van der Waals surface area (Å²) in [5, 5.41) is 12.1. The number of fused-ring (bicyclic) bond motifs is 2. The average molecular weight is 492 g/mol. The van der Waals surface area contributed by atoms with E-state index >= 15 is 0 Å². The zero-order chi connectivity index (χ0) is 24.8. The lowest BCUT2D eigenvalue weighted by molar-refractivity contribution is 0.778. The van der Waals surface area contributed by atoms with Gasteiger partial charge in [0.15, 0.2) is 11.5 Å². The fraction of sp³-hybridized carbons (Fsp3) is 0.143. The van der Waals surface area contributed by atoms with Gasteiger partial charge in [-0.15, -0.1) is 11.3 Å². The van der Waals surface area contributed by atoms with Crippen LogP contribution in [0.25, 0.3) is 55.2 Å². The van der Waals surface area contributed by atoms with Crippen LogP contribution >= 0.6 is 11.3 Å². The summed E-state index contributed by atoms with van der Waals surface area (Å²) in [7, 11) is 0. The first-order chi connectivity index (χ1) is 17.5. The third kappa shape index (κ3) is 3.95. The molecular formula is C28H25N7S. The maximum absolute atomic E-state index is 4.79. The number of nitrogens with one attached hydrogen (secondary N) is 3. The number of hydrogen-bond donors (Lipinski definition) is 3. The minimum Gasteiger partial charge on any atom is -0.358 e. The first-order valence-corrected chi connectivity index (χ1v) is 12.6. The Hall–Kier alpha value is -4.30. The maximum atomic E-state index is 4.79.